The van der Waals surface area contributed by atoms with Crippen LogP contribution in [0.3, 0.4) is 0 Å². The van der Waals surface area contributed by atoms with Crippen LogP contribution in [0.4, 0.5) is 4.79 Å². The van der Waals surface area contributed by atoms with E-state index in [9.17, 15) is 9.70 Å². The Hall–Kier alpha value is -3.89. The summed E-state index contributed by atoms with van der Waals surface area (Å²) in [5.41, 5.74) is 13.1. The topological polar surface area (TPSA) is 137 Å². The Morgan fingerprint density at radius 2 is 2.05 bits per heavy atom. The van der Waals surface area contributed by atoms with Crippen molar-refractivity contribution in [2.75, 3.05) is 33.2 Å². The summed E-state index contributed by atoms with van der Waals surface area (Å²) >= 11 is 0. The molecule has 1 unspecified atom stereocenters. The van der Waals surface area contributed by atoms with Gasteiger partial charge in [-0.15, -0.1) is 4.91 Å². The molecule has 2 bridgehead atoms. The summed E-state index contributed by atoms with van der Waals surface area (Å²) < 4.78 is 4.91. The number of piperazine rings is 1. The van der Waals surface area contributed by atoms with E-state index in [1.165, 1.54) is 31.3 Å². The van der Waals surface area contributed by atoms with Crippen LogP contribution in [0.15, 0.2) is 47.4 Å². The van der Waals surface area contributed by atoms with Crippen LogP contribution in [0.1, 0.15) is 41.8 Å². The lowest BCUT2D eigenvalue weighted by Crippen LogP contribution is -2.48. The first-order valence-corrected chi connectivity index (χ1v) is 12.2. The molecule has 4 N–H and O–H groups in total. The van der Waals surface area contributed by atoms with Crippen molar-refractivity contribution in [2.45, 2.75) is 32.0 Å². The van der Waals surface area contributed by atoms with Crippen molar-refractivity contribution in [2.24, 2.45) is 10.9 Å². The Labute approximate surface area is 216 Å². The SMILES string of the molecule is CC(C)(N=O)OC(=O)N1CCNCC1.CN(C=N)C1=Cc2ccc3c(c2)C(=Cc2cccnc2C3)C1N. The van der Waals surface area contributed by atoms with Crippen LogP contribution in [-0.2, 0) is 11.2 Å². The van der Waals surface area contributed by atoms with E-state index >= 15 is 0 Å². The summed E-state index contributed by atoms with van der Waals surface area (Å²) in [5.74, 6) is 0. The van der Waals surface area contributed by atoms with Crippen molar-refractivity contribution >= 4 is 30.2 Å². The number of pyridine rings is 1. The second-order valence-corrected chi connectivity index (χ2v) is 9.66. The fourth-order valence-corrected chi connectivity index (χ4v) is 4.48. The van der Waals surface area contributed by atoms with Gasteiger partial charge in [-0.2, -0.15) is 0 Å². The Kier molecular flexibility index (Phi) is 7.80. The number of fused-ring (bicyclic) bond motifs is 2. The molecule has 0 radical (unpaired) electrons. The van der Waals surface area contributed by atoms with Gasteiger partial charge in [-0.25, -0.2) is 4.79 Å². The number of ether oxygens (including phenoxy) is 1. The summed E-state index contributed by atoms with van der Waals surface area (Å²) in [5, 5.41) is 13.4. The molecule has 3 aliphatic rings. The second-order valence-electron chi connectivity index (χ2n) is 9.66. The number of aromatic nitrogens is 1. The zero-order chi connectivity index (χ0) is 26.6. The monoisotopic (exact) mass is 503 g/mol. The summed E-state index contributed by atoms with van der Waals surface area (Å²) in [6.07, 6.45) is 7.69. The highest BCUT2D eigenvalue weighted by atomic mass is 16.6. The van der Waals surface area contributed by atoms with Crippen molar-refractivity contribution in [3.63, 3.8) is 0 Å². The van der Waals surface area contributed by atoms with Crippen LogP contribution in [0, 0.1) is 10.3 Å². The zero-order valence-electron chi connectivity index (χ0n) is 21.4. The van der Waals surface area contributed by atoms with Crippen molar-refractivity contribution in [3.8, 4) is 0 Å². The van der Waals surface area contributed by atoms with Gasteiger partial charge >= 0.3 is 6.09 Å². The average Bonchev–Trinajstić information content (AvgIpc) is 3.14. The van der Waals surface area contributed by atoms with Crippen molar-refractivity contribution < 1.29 is 9.53 Å². The van der Waals surface area contributed by atoms with Crippen LogP contribution in [0.5, 0.6) is 0 Å². The van der Waals surface area contributed by atoms with E-state index in [0.717, 1.165) is 47.6 Å². The third-order valence-electron chi connectivity index (χ3n) is 6.54. The van der Waals surface area contributed by atoms with Gasteiger partial charge in [0.05, 0.1) is 18.1 Å². The molecule has 5 rings (SSSR count). The molecular formula is C27H33N7O3. The molecular weight excluding hydrogens is 470 g/mol. The number of amides is 1. The number of carbonyl (C=O) groups is 1. The van der Waals surface area contributed by atoms with E-state index in [2.05, 4.69) is 51.9 Å². The number of likely N-dealkylation sites (N-methyl/N-ethyl adjacent to an activating group) is 1. The zero-order valence-corrected chi connectivity index (χ0v) is 21.4. The molecule has 1 aromatic heterocycles. The fourth-order valence-electron chi connectivity index (χ4n) is 4.48. The van der Waals surface area contributed by atoms with Crippen LogP contribution in [0.2, 0.25) is 0 Å². The van der Waals surface area contributed by atoms with Gasteiger partial charge in [-0.3, -0.25) is 10.4 Å². The summed E-state index contributed by atoms with van der Waals surface area (Å²) in [4.78, 5) is 29.6. The fraction of sp³-hybridized carbons (Fsp3) is 0.370. The van der Waals surface area contributed by atoms with Crippen LogP contribution >= 0.6 is 0 Å². The lowest BCUT2D eigenvalue weighted by molar-refractivity contribution is 0.0161. The lowest BCUT2D eigenvalue weighted by Gasteiger charge is -2.28. The normalized spacial score (nSPS) is 17.9. The smallest absolute Gasteiger partial charge is 0.412 e. The molecule has 1 saturated heterocycles. The number of nitroso groups, excluding NO2 is 1. The highest BCUT2D eigenvalue weighted by molar-refractivity contribution is 5.92. The molecule has 1 atom stereocenters. The molecule has 194 valence electrons. The summed E-state index contributed by atoms with van der Waals surface area (Å²) in [6, 6.07) is 10.2. The molecule has 10 nitrogen and oxygen atoms in total. The number of nitrogens with zero attached hydrogens (tertiary/aromatic N) is 4. The van der Waals surface area contributed by atoms with E-state index in [0.29, 0.717) is 13.1 Å². The van der Waals surface area contributed by atoms with Gasteiger partial charge in [-0.05, 0) is 71.1 Å². The number of nitrogens with one attached hydrogen (secondary N) is 2. The van der Waals surface area contributed by atoms with E-state index in [4.69, 9.17) is 15.9 Å². The standard InChI is InChI=1S/C19H18N4.C8H15N3O3/c1-23(11-20)18-8-12-4-5-13-10-17-14(3-2-6-22-17)9-16(19(18)21)15(13)7-12;1-8(2,10-13)14-7(12)11-5-3-9-4-6-11/h2-9,11,19-20H,10,21H2,1H3;9H,3-6H2,1-2H3. The maximum atomic E-state index is 11.4. The number of carbonyl (C=O) groups excluding carboxylic acids is 1. The predicted octanol–water partition coefficient (Wildman–Crippen LogP) is 3.28. The Balaban J connectivity index is 0.000000197. The maximum absolute atomic E-state index is 11.4. The molecule has 10 heteroatoms. The number of rotatable bonds is 4. The molecule has 1 fully saturated rings. The van der Waals surface area contributed by atoms with E-state index in [1.807, 2.05) is 19.3 Å². The molecule has 0 spiro atoms. The van der Waals surface area contributed by atoms with Gasteiger partial charge in [0.1, 0.15) is 0 Å². The lowest BCUT2D eigenvalue weighted by atomic mass is 9.94. The third kappa shape index (κ3) is 5.92. The number of hydrogen-bond donors (Lipinski definition) is 3. The van der Waals surface area contributed by atoms with Gasteiger partial charge in [0.25, 0.3) is 0 Å². The first kappa shape index (κ1) is 26.2. The summed E-state index contributed by atoms with van der Waals surface area (Å²) in [7, 11) is 1.86. The molecule has 2 aliphatic carbocycles. The first-order chi connectivity index (χ1) is 17.7. The molecule has 37 heavy (non-hydrogen) atoms. The Bertz CT molecular complexity index is 1250. The minimum absolute atomic E-state index is 0.272. The van der Waals surface area contributed by atoms with Crippen molar-refractivity contribution in [1.29, 1.82) is 5.41 Å². The van der Waals surface area contributed by atoms with Crippen molar-refractivity contribution in [1.82, 2.24) is 20.1 Å². The average molecular weight is 504 g/mol. The molecule has 2 aromatic rings. The van der Waals surface area contributed by atoms with Crippen LogP contribution in [-0.4, -0.2) is 72.2 Å². The van der Waals surface area contributed by atoms with Gasteiger partial charge in [-0.1, -0.05) is 18.2 Å². The highest BCUT2D eigenvalue weighted by Gasteiger charge is 2.28. The van der Waals surface area contributed by atoms with Gasteiger partial charge in [0, 0.05) is 51.5 Å². The van der Waals surface area contributed by atoms with Crippen LogP contribution in [0.25, 0.3) is 17.7 Å². The highest BCUT2D eigenvalue weighted by Crippen LogP contribution is 2.36. The van der Waals surface area contributed by atoms with Crippen molar-refractivity contribution in [3.05, 3.63) is 75.1 Å². The number of benzene rings is 1. The third-order valence-corrected chi connectivity index (χ3v) is 6.54. The van der Waals surface area contributed by atoms with Gasteiger partial charge < -0.3 is 25.6 Å². The summed E-state index contributed by atoms with van der Waals surface area (Å²) in [6.45, 7) is 5.63. The first-order valence-electron chi connectivity index (χ1n) is 12.2. The molecule has 0 saturated carbocycles. The Morgan fingerprint density at radius 1 is 1.30 bits per heavy atom. The quantitative estimate of drug-likeness (QED) is 0.331. The minimum atomic E-state index is -1.28. The molecule has 1 amide bonds. The number of hydrogen-bond acceptors (Lipinski definition) is 8. The Morgan fingerprint density at radius 3 is 2.76 bits per heavy atom. The largest absolute Gasteiger partial charge is 0.418 e. The van der Waals surface area contributed by atoms with Crippen LogP contribution < -0.4 is 11.1 Å². The van der Waals surface area contributed by atoms with Gasteiger partial charge in [0.2, 0.25) is 5.72 Å². The van der Waals surface area contributed by atoms with E-state index in [1.54, 1.807) is 9.80 Å². The number of nitrogens with two attached hydrogens (primary N) is 1. The van der Waals surface area contributed by atoms with E-state index < -0.39 is 11.8 Å². The van der Waals surface area contributed by atoms with E-state index in [-0.39, 0.29) is 6.04 Å². The predicted molar refractivity (Wildman–Crippen MR) is 145 cm³/mol. The molecule has 2 heterocycles. The molecule has 1 aromatic carbocycles. The van der Waals surface area contributed by atoms with Gasteiger partial charge in [0.15, 0.2) is 0 Å². The molecule has 1 aliphatic heterocycles. The maximum Gasteiger partial charge on any atom is 0.412 e. The minimum Gasteiger partial charge on any atom is -0.418 e. The second kappa shape index (κ2) is 11.0.